The summed E-state index contributed by atoms with van der Waals surface area (Å²) < 4.78 is 27.7. The van der Waals surface area contributed by atoms with Crippen molar-refractivity contribution in [1.29, 1.82) is 0 Å². The number of likely N-dealkylation sites (tertiary alicyclic amines) is 1. The molecule has 1 aromatic heterocycles. The molecular formula is C17H20N4O5S. The summed E-state index contributed by atoms with van der Waals surface area (Å²) in [6, 6.07) is 8.84. The number of H-pyrrole nitrogens is 1. The van der Waals surface area contributed by atoms with Crippen LogP contribution in [-0.4, -0.2) is 59.6 Å². The molecule has 144 valence electrons. The van der Waals surface area contributed by atoms with E-state index >= 15 is 0 Å². The molecule has 1 saturated heterocycles. The summed E-state index contributed by atoms with van der Waals surface area (Å²) in [5.74, 6) is -1.50. The third-order valence-corrected chi connectivity index (χ3v) is 6.10. The molecular weight excluding hydrogens is 372 g/mol. The minimum atomic E-state index is -4.08. The molecule has 1 atom stereocenters. The van der Waals surface area contributed by atoms with Crippen LogP contribution in [0.2, 0.25) is 0 Å². The minimum Gasteiger partial charge on any atom is -0.476 e. The Kier molecular flexibility index (Phi) is 5.29. The van der Waals surface area contributed by atoms with Crippen molar-refractivity contribution >= 4 is 21.9 Å². The third-order valence-electron chi connectivity index (χ3n) is 4.42. The van der Waals surface area contributed by atoms with Crippen molar-refractivity contribution in [3.8, 4) is 0 Å². The van der Waals surface area contributed by atoms with E-state index in [2.05, 4.69) is 14.9 Å². The number of rotatable bonds is 6. The first kappa shape index (κ1) is 19.1. The standard InChI is InChI=1S/C17H20N4O5S/c1-11-16(15(17(23)24)19-18-11)27(25,26)20-13-7-8-21(10-13)14(22)9-12-5-3-2-4-6-12/h2-6,13,20H,7-10H2,1H3,(H,18,19)(H,23,24). The number of sulfonamides is 1. The van der Waals surface area contributed by atoms with E-state index in [0.717, 1.165) is 5.56 Å². The zero-order valence-corrected chi connectivity index (χ0v) is 15.5. The maximum Gasteiger partial charge on any atom is 0.357 e. The first-order valence-corrected chi connectivity index (χ1v) is 9.88. The average Bonchev–Trinajstić information content (AvgIpc) is 3.22. The summed E-state index contributed by atoms with van der Waals surface area (Å²) in [4.78, 5) is 24.9. The van der Waals surface area contributed by atoms with Gasteiger partial charge in [0.15, 0.2) is 5.69 Å². The van der Waals surface area contributed by atoms with Crippen LogP contribution < -0.4 is 4.72 Å². The third kappa shape index (κ3) is 4.17. The zero-order valence-electron chi connectivity index (χ0n) is 14.7. The molecule has 10 heteroatoms. The molecule has 1 fully saturated rings. The molecule has 9 nitrogen and oxygen atoms in total. The lowest BCUT2D eigenvalue weighted by atomic mass is 10.1. The van der Waals surface area contributed by atoms with Crippen LogP contribution in [0.3, 0.4) is 0 Å². The number of carboxylic acids is 1. The molecule has 1 aromatic carbocycles. The summed E-state index contributed by atoms with van der Waals surface area (Å²) >= 11 is 0. The summed E-state index contributed by atoms with van der Waals surface area (Å²) in [5, 5.41) is 15.1. The van der Waals surface area contributed by atoms with Crippen molar-refractivity contribution < 1.29 is 23.1 Å². The topological polar surface area (TPSA) is 132 Å². The van der Waals surface area contributed by atoms with Gasteiger partial charge in [0.2, 0.25) is 15.9 Å². The Balaban J connectivity index is 1.67. The Morgan fingerprint density at radius 1 is 1.33 bits per heavy atom. The van der Waals surface area contributed by atoms with Crippen LogP contribution >= 0.6 is 0 Å². The highest BCUT2D eigenvalue weighted by molar-refractivity contribution is 7.89. The zero-order chi connectivity index (χ0) is 19.6. The molecule has 1 aliphatic rings. The fourth-order valence-corrected chi connectivity index (χ4v) is 4.72. The maximum atomic E-state index is 12.6. The SMILES string of the molecule is Cc1[nH]nc(C(=O)O)c1S(=O)(=O)NC1CCN(C(=O)Cc2ccccc2)C1. The molecule has 27 heavy (non-hydrogen) atoms. The van der Waals surface area contributed by atoms with Gasteiger partial charge >= 0.3 is 5.97 Å². The Labute approximate surface area is 156 Å². The van der Waals surface area contributed by atoms with E-state index in [1.165, 1.54) is 6.92 Å². The van der Waals surface area contributed by atoms with Gasteiger partial charge in [-0.2, -0.15) is 5.10 Å². The highest BCUT2D eigenvalue weighted by atomic mass is 32.2. The molecule has 2 heterocycles. The van der Waals surface area contributed by atoms with Crippen molar-refractivity contribution in [2.45, 2.75) is 30.7 Å². The van der Waals surface area contributed by atoms with E-state index in [1.807, 2.05) is 30.3 Å². The number of amides is 1. The van der Waals surface area contributed by atoms with Gasteiger partial charge in [-0.3, -0.25) is 9.89 Å². The van der Waals surface area contributed by atoms with Crippen molar-refractivity contribution in [1.82, 2.24) is 19.8 Å². The van der Waals surface area contributed by atoms with Gasteiger partial charge in [0.25, 0.3) is 0 Å². The number of aromatic carboxylic acids is 1. The highest BCUT2D eigenvalue weighted by Gasteiger charge is 2.33. The molecule has 0 spiro atoms. The molecule has 1 aliphatic heterocycles. The summed E-state index contributed by atoms with van der Waals surface area (Å²) in [7, 11) is -4.08. The van der Waals surface area contributed by atoms with Gasteiger partial charge in [0.1, 0.15) is 4.90 Å². The van der Waals surface area contributed by atoms with Gasteiger partial charge in [-0.05, 0) is 18.9 Å². The van der Waals surface area contributed by atoms with E-state index in [0.29, 0.717) is 13.0 Å². The fourth-order valence-electron chi connectivity index (χ4n) is 3.14. The number of hydrogen-bond donors (Lipinski definition) is 3. The first-order valence-electron chi connectivity index (χ1n) is 8.40. The van der Waals surface area contributed by atoms with Crippen LogP contribution in [0.5, 0.6) is 0 Å². The maximum absolute atomic E-state index is 12.6. The number of carboxylic acid groups (broad SMARTS) is 1. The Bertz CT molecular complexity index is 955. The van der Waals surface area contributed by atoms with E-state index in [-0.39, 0.29) is 29.5 Å². The lowest BCUT2D eigenvalue weighted by Crippen LogP contribution is -2.39. The van der Waals surface area contributed by atoms with Crippen molar-refractivity contribution in [2.24, 2.45) is 0 Å². The van der Waals surface area contributed by atoms with Crippen LogP contribution in [0, 0.1) is 6.92 Å². The molecule has 2 aromatic rings. The average molecular weight is 392 g/mol. The quantitative estimate of drug-likeness (QED) is 0.657. The predicted molar refractivity (Wildman–Crippen MR) is 95.7 cm³/mol. The lowest BCUT2D eigenvalue weighted by molar-refractivity contribution is -0.129. The van der Waals surface area contributed by atoms with E-state index in [4.69, 9.17) is 5.11 Å². The number of hydrogen-bond acceptors (Lipinski definition) is 5. The second-order valence-electron chi connectivity index (χ2n) is 6.44. The molecule has 0 radical (unpaired) electrons. The minimum absolute atomic E-state index is 0.0754. The molecule has 0 aliphatic carbocycles. The number of benzene rings is 1. The molecule has 0 saturated carbocycles. The molecule has 1 amide bonds. The molecule has 3 rings (SSSR count). The van der Waals surface area contributed by atoms with E-state index < -0.39 is 27.7 Å². The first-order chi connectivity index (χ1) is 12.8. The van der Waals surface area contributed by atoms with Crippen LogP contribution in [0.1, 0.15) is 28.2 Å². The van der Waals surface area contributed by atoms with Crippen LogP contribution in [0.15, 0.2) is 35.2 Å². The Hall–Kier alpha value is -2.72. The summed E-state index contributed by atoms with van der Waals surface area (Å²) in [5.41, 5.74) is 0.497. The lowest BCUT2D eigenvalue weighted by Gasteiger charge is -2.17. The van der Waals surface area contributed by atoms with Gasteiger partial charge < -0.3 is 10.0 Å². The molecule has 1 unspecified atom stereocenters. The van der Waals surface area contributed by atoms with Crippen LogP contribution in [0.4, 0.5) is 0 Å². The summed E-state index contributed by atoms with van der Waals surface area (Å²) in [6.45, 7) is 2.12. The second kappa shape index (κ2) is 7.49. The number of aryl methyl sites for hydroxylation is 1. The van der Waals surface area contributed by atoms with Crippen molar-refractivity contribution in [3.05, 3.63) is 47.3 Å². The van der Waals surface area contributed by atoms with Gasteiger partial charge in [-0.25, -0.2) is 17.9 Å². The number of nitrogens with zero attached hydrogens (tertiary/aromatic N) is 2. The molecule has 0 bridgehead atoms. The van der Waals surface area contributed by atoms with Gasteiger partial charge in [0, 0.05) is 19.1 Å². The smallest absolute Gasteiger partial charge is 0.357 e. The van der Waals surface area contributed by atoms with E-state index in [9.17, 15) is 18.0 Å². The van der Waals surface area contributed by atoms with Crippen LogP contribution in [-0.2, 0) is 21.2 Å². The highest BCUT2D eigenvalue weighted by Crippen LogP contribution is 2.20. The number of aromatic amines is 1. The van der Waals surface area contributed by atoms with Crippen LogP contribution in [0.25, 0.3) is 0 Å². The fraction of sp³-hybridized carbons (Fsp3) is 0.353. The van der Waals surface area contributed by atoms with Crippen molar-refractivity contribution in [2.75, 3.05) is 13.1 Å². The van der Waals surface area contributed by atoms with E-state index in [1.54, 1.807) is 4.90 Å². The largest absolute Gasteiger partial charge is 0.476 e. The van der Waals surface area contributed by atoms with Crippen molar-refractivity contribution in [3.63, 3.8) is 0 Å². The Morgan fingerprint density at radius 2 is 2.04 bits per heavy atom. The molecule has 3 N–H and O–H groups in total. The second-order valence-corrected chi connectivity index (χ2v) is 8.09. The van der Waals surface area contributed by atoms with Gasteiger partial charge in [-0.15, -0.1) is 0 Å². The Morgan fingerprint density at radius 3 is 2.70 bits per heavy atom. The number of aromatic nitrogens is 2. The number of carbonyl (C=O) groups excluding carboxylic acids is 1. The number of carbonyl (C=O) groups is 2. The predicted octanol–water partition coefficient (Wildman–Crippen LogP) is 0.538. The number of nitrogens with one attached hydrogen (secondary N) is 2. The van der Waals surface area contributed by atoms with Gasteiger partial charge in [-0.1, -0.05) is 30.3 Å². The summed E-state index contributed by atoms with van der Waals surface area (Å²) in [6.07, 6.45) is 0.712. The van der Waals surface area contributed by atoms with Gasteiger partial charge in [0.05, 0.1) is 12.1 Å². The monoisotopic (exact) mass is 392 g/mol. The normalized spacial score (nSPS) is 17.2.